The Morgan fingerprint density at radius 2 is 1.93 bits per heavy atom. The molecule has 2 aliphatic carbocycles. The van der Waals surface area contributed by atoms with Gasteiger partial charge in [0.05, 0.1) is 47.5 Å². The number of piperidine rings is 1. The number of carbonyl (C=O) groups excluding carboxylic acids is 1. The van der Waals surface area contributed by atoms with Gasteiger partial charge in [-0.2, -0.15) is 5.10 Å². The van der Waals surface area contributed by atoms with Crippen LogP contribution in [-0.4, -0.2) is 52.3 Å². The summed E-state index contributed by atoms with van der Waals surface area (Å²) in [5.74, 6) is 3.44. The average Bonchev–Trinajstić information content (AvgIpc) is 3.93. The molecule has 7 rings (SSSR count). The predicted molar refractivity (Wildman–Crippen MR) is 155 cm³/mol. The molecule has 0 bridgehead atoms. The molecule has 3 aromatic rings. The van der Waals surface area contributed by atoms with Crippen LogP contribution < -0.4 is 14.5 Å². The van der Waals surface area contributed by atoms with Crippen molar-refractivity contribution >= 4 is 29.1 Å². The third kappa shape index (κ3) is 5.78. The second kappa shape index (κ2) is 11.2. The van der Waals surface area contributed by atoms with Crippen molar-refractivity contribution in [2.24, 2.45) is 17.8 Å². The first-order valence-corrected chi connectivity index (χ1v) is 15.4. The first kappa shape index (κ1) is 26.7. The molecule has 1 aromatic carbocycles. The Kier molecular flexibility index (Phi) is 7.31. The molecule has 1 amide bonds. The molecule has 4 aliphatic rings. The van der Waals surface area contributed by atoms with E-state index >= 15 is 4.39 Å². The smallest absolute Gasteiger partial charge is 0.231 e. The molecule has 2 aliphatic heterocycles. The van der Waals surface area contributed by atoms with Crippen LogP contribution >= 0.6 is 11.6 Å². The summed E-state index contributed by atoms with van der Waals surface area (Å²) in [6.07, 6.45) is 11.9. The standard InChI is InChI=1S/C31H36ClFN6O2/c32-23-17-34-31(35-18-23)38-11-7-19(8-12-38)25-14-21(25)9-13-41-24-6-5-22(26(33)16-24)15-28(40)39-10-1-2-27-30(39)29(37-36-27)20-3-4-20/h5-6,16-21,25H,1-4,7-15H2,(H,36,37)/t21-,25-/m1/s1. The van der Waals surface area contributed by atoms with Crippen LogP contribution in [0, 0.1) is 23.6 Å². The maximum atomic E-state index is 15.0. The van der Waals surface area contributed by atoms with E-state index in [1.807, 2.05) is 4.90 Å². The van der Waals surface area contributed by atoms with Crippen molar-refractivity contribution in [2.75, 3.05) is 36.0 Å². The maximum Gasteiger partial charge on any atom is 0.231 e. The Hall–Kier alpha value is -3.20. The van der Waals surface area contributed by atoms with E-state index in [1.165, 1.54) is 12.5 Å². The Labute approximate surface area is 244 Å². The van der Waals surface area contributed by atoms with Gasteiger partial charge in [-0.15, -0.1) is 0 Å². The maximum absolute atomic E-state index is 15.0. The molecule has 10 heteroatoms. The van der Waals surface area contributed by atoms with Gasteiger partial charge in [0, 0.05) is 31.6 Å². The van der Waals surface area contributed by atoms with Gasteiger partial charge in [-0.25, -0.2) is 14.4 Å². The van der Waals surface area contributed by atoms with Gasteiger partial charge in [-0.05, 0) is 80.8 Å². The van der Waals surface area contributed by atoms with Crippen molar-refractivity contribution < 1.29 is 13.9 Å². The third-order valence-corrected chi connectivity index (χ3v) is 9.51. The molecule has 8 nitrogen and oxygen atoms in total. The van der Waals surface area contributed by atoms with Crippen molar-refractivity contribution in [3.63, 3.8) is 0 Å². The number of aromatic nitrogens is 4. The quantitative estimate of drug-likeness (QED) is 0.350. The number of aryl methyl sites for hydroxylation is 1. The molecule has 0 radical (unpaired) electrons. The van der Waals surface area contributed by atoms with Gasteiger partial charge in [0.15, 0.2) is 0 Å². The van der Waals surface area contributed by atoms with Gasteiger partial charge in [0.1, 0.15) is 11.6 Å². The van der Waals surface area contributed by atoms with Gasteiger partial charge in [-0.1, -0.05) is 17.7 Å². The van der Waals surface area contributed by atoms with Crippen molar-refractivity contribution in [3.8, 4) is 5.75 Å². The number of amides is 1. The number of carbonyl (C=O) groups is 1. The van der Waals surface area contributed by atoms with Crippen molar-refractivity contribution in [1.29, 1.82) is 0 Å². The molecule has 2 saturated carbocycles. The van der Waals surface area contributed by atoms with Crippen LogP contribution in [0.2, 0.25) is 5.02 Å². The summed E-state index contributed by atoms with van der Waals surface area (Å²) < 4.78 is 21.0. The lowest BCUT2D eigenvalue weighted by Gasteiger charge is -2.32. The molecule has 1 N–H and O–H groups in total. The molecule has 2 atom stereocenters. The molecule has 3 fully saturated rings. The van der Waals surface area contributed by atoms with Crippen molar-refractivity contribution in [3.05, 3.63) is 58.4 Å². The van der Waals surface area contributed by atoms with E-state index < -0.39 is 0 Å². The minimum absolute atomic E-state index is 0.0353. The Morgan fingerprint density at radius 1 is 1.12 bits per heavy atom. The van der Waals surface area contributed by atoms with Crippen molar-refractivity contribution in [1.82, 2.24) is 20.2 Å². The van der Waals surface area contributed by atoms with Crippen molar-refractivity contribution in [2.45, 2.75) is 63.7 Å². The zero-order valence-corrected chi connectivity index (χ0v) is 24.0. The normalized spacial score (nSPS) is 22.5. The monoisotopic (exact) mass is 578 g/mol. The van der Waals surface area contributed by atoms with E-state index in [0.717, 1.165) is 92.9 Å². The number of aromatic amines is 1. The van der Waals surface area contributed by atoms with Gasteiger partial charge in [0.2, 0.25) is 11.9 Å². The van der Waals surface area contributed by atoms with Gasteiger partial charge < -0.3 is 14.5 Å². The number of nitrogens with one attached hydrogen (secondary N) is 1. The number of benzene rings is 1. The van der Waals surface area contributed by atoms with Crippen LogP contribution in [0.3, 0.4) is 0 Å². The highest BCUT2D eigenvalue weighted by Gasteiger charge is 2.43. The number of rotatable bonds is 9. The summed E-state index contributed by atoms with van der Waals surface area (Å²) >= 11 is 5.92. The zero-order valence-electron chi connectivity index (χ0n) is 23.2. The fourth-order valence-electron chi connectivity index (χ4n) is 6.80. The lowest BCUT2D eigenvalue weighted by molar-refractivity contribution is -0.118. The number of fused-ring (bicyclic) bond motifs is 1. The zero-order chi connectivity index (χ0) is 27.9. The summed E-state index contributed by atoms with van der Waals surface area (Å²) in [4.78, 5) is 26.0. The van der Waals surface area contributed by atoms with E-state index in [1.54, 1.807) is 24.5 Å². The molecule has 0 unspecified atom stereocenters. The molecule has 216 valence electrons. The first-order chi connectivity index (χ1) is 20.0. The van der Waals surface area contributed by atoms with E-state index in [9.17, 15) is 4.79 Å². The summed E-state index contributed by atoms with van der Waals surface area (Å²) in [6, 6.07) is 4.92. The SMILES string of the molecule is O=C(Cc1ccc(OCC[C@@H]2C[C@@H]2C2CCN(c3ncc(Cl)cn3)CC2)cc1F)N1CCCc2[nH]nc(C3CC3)c21. The Morgan fingerprint density at radius 3 is 2.68 bits per heavy atom. The second-order valence-electron chi connectivity index (χ2n) is 12.1. The van der Waals surface area contributed by atoms with E-state index in [2.05, 4.69) is 25.1 Å². The fraction of sp³-hybridized carbons (Fsp3) is 0.548. The molecule has 2 aromatic heterocycles. The molecule has 0 spiro atoms. The van der Waals surface area contributed by atoms with E-state index in [0.29, 0.717) is 41.3 Å². The van der Waals surface area contributed by atoms with Crippen LogP contribution in [0.5, 0.6) is 5.75 Å². The number of hydrogen-bond acceptors (Lipinski definition) is 6. The van der Waals surface area contributed by atoms with Crippen LogP contribution in [0.15, 0.2) is 30.6 Å². The van der Waals surface area contributed by atoms with Crippen LogP contribution in [-0.2, 0) is 17.6 Å². The largest absolute Gasteiger partial charge is 0.493 e. The minimum Gasteiger partial charge on any atom is -0.493 e. The number of nitrogens with zero attached hydrogens (tertiary/aromatic N) is 5. The second-order valence-corrected chi connectivity index (χ2v) is 12.5. The number of anilines is 2. The predicted octanol–water partition coefficient (Wildman–Crippen LogP) is 5.71. The highest BCUT2D eigenvalue weighted by Crippen LogP contribution is 2.50. The minimum atomic E-state index is -0.386. The fourth-order valence-corrected chi connectivity index (χ4v) is 6.90. The Balaban J connectivity index is 0.871. The topological polar surface area (TPSA) is 87.2 Å². The lowest BCUT2D eigenvalue weighted by Crippen LogP contribution is -2.37. The van der Waals surface area contributed by atoms with Crippen LogP contribution in [0.4, 0.5) is 16.0 Å². The molecule has 1 saturated heterocycles. The average molecular weight is 579 g/mol. The number of ether oxygens (including phenoxy) is 1. The highest BCUT2D eigenvalue weighted by molar-refractivity contribution is 6.30. The Bertz CT molecular complexity index is 1400. The lowest BCUT2D eigenvalue weighted by atomic mass is 9.90. The third-order valence-electron chi connectivity index (χ3n) is 9.32. The molecular weight excluding hydrogens is 543 g/mol. The number of hydrogen-bond donors (Lipinski definition) is 1. The van der Waals surface area contributed by atoms with Crippen LogP contribution in [0.25, 0.3) is 0 Å². The summed E-state index contributed by atoms with van der Waals surface area (Å²) in [5, 5.41) is 8.19. The van der Waals surface area contributed by atoms with E-state index in [-0.39, 0.29) is 18.1 Å². The van der Waals surface area contributed by atoms with Crippen LogP contribution in [0.1, 0.15) is 67.8 Å². The van der Waals surface area contributed by atoms with Gasteiger partial charge >= 0.3 is 0 Å². The van der Waals surface area contributed by atoms with Gasteiger partial charge in [-0.3, -0.25) is 9.89 Å². The number of halogens is 2. The van der Waals surface area contributed by atoms with E-state index in [4.69, 9.17) is 16.3 Å². The summed E-state index contributed by atoms with van der Waals surface area (Å²) in [5.41, 5.74) is 3.40. The molecular formula is C31H36ClFN6O2. The summed E-state index contributed by atoms with van der Waals surface area (Å²) in [7, 11) is 0. The molecule has 4 heterocycles. The summed E-state index contributed by atoms with van der Waals surface area (Å²) in [6.45, 7) is 3.19. The first-order valence-electron chi connectivity index (χ1n) is 15.0. The molecule has 41 heavy (non-hydrogen) atoms. The van der Waals surface area contributed by atoms with Gasteiger partial charge in [0.25, 0.3) is 0 Å². The highest BCUT2D eigenvalue weighted by atomic mass is 35.5. The number of H-pyrrole nitrogens is 1.